The Balaban J connectivity index is 1.77. The highest BCUT2D eigenvalue weighted by Crippen LogP contribution is 2.34. The van der Waals surface area contributed by atoms with Gasteiger partial charge in [-0.2, -0.15) is 0 Å². The summed E-state index contributed by atoms with van der Waals surface area (Å²) in [5.74, 6) is -0.329. The third kappa shape index (κ3) is 3.67. The van der Waals surface area contributed by atoms with Crippen LogP contribution in [0.5, 0.6) is 0 Å². The van der Waals surface area contributed by atoms with Crippen molar-refractivity contribution in [3.63, 3.8) is 0 Å². The average molecular weight is 376 g/mol. The van der Waals surface area contributed by atoms with Crippen molar-refractivity contribution in [2.75, 3.05) is 18.6 Å². The second-order valence-corrected chi connectivity index (χ2v) is 7.56. The number of amides is 1. The number of carbonyl (C=O) groups excluding carboxylic acids is 2. The van der Waals surface area contributed by atoms with Gasteiger partial charge in [-0.1, -0.05) is 23.7 Å². The predicted molar refractivity (Wildman–Crippen MR) is 101 cm³/mol. The van der Waals surface area contributed by atoms with Crippen molar-refractivity contribution in [2.24, 2.45) is 0 Å². The molecule has 1 aliphatic rings. The summed E-state index contributed by atoms with van der Waals surface area (Å²) in [6.07, 6.45) is 0.732. The minimum Gasteiger partial charge on any atom is -0.465 e. The molecule has 0 aliphatic carbocycles. The number of ether oxygens (including phenoxy) is 1. The lowest BCUT2D eigenvalue weighted by atomic mass is 10.1. The summed E-state index contributed by atoms with van der Waals surface area (Å²) in [7, 11) is 1.36. The van der Waals surface area contributed by atoms with Crippen LogP contribution in [-0.4, -0.2) is 30.8 Å². The van der Waals surface area contributed by atoms with E-state index in [-0.39, 0.29) is 17.1 Å². The zero-order valence-corrected chi connectivity index (χ0v) is 15.6. The molecule has 1 heterocycles. The molecule has 3 rings (SSSR count). The van der Waals surface area contributed by atoms with E-state index in [2.05, 4.69) is 0 Å². The molecule has 1 atom stereocenters. The van der Waals surface area contributed by atoms with E-state index in [1.165, 1.54) is 18.9 Å². The molecule has 0 N–H and O–H groups in total. The minimum absolute atomic E-state index is 0.0366. The standard InChI is InChI=1S/C19H18ClNO3S/c1-12(25-17-6-4-3-5-15(17)20)18(22)21-10-9-13-11-14(19(23)24-2)7-8-16(13)21/h3-8,11-12H,9-10H2,1-2H3. The lowest BCUT2D eigenvalue weighted by molar-refractivity contribution is -0.117. The number of benzene rings is 2. The maximum atomic E-state index is 12.9. The smallest absolute Gasteiger partial charge is 0.337 e. The number of methoxy groups -OCH3 is 1. The molecule has 25 heavy (non-hydrogen) atoms. The van der Waals surface area contributed by atoms with E-state index in [1.54, 1.807) is 17.0 Å². The van der Waals surface area contributed by atoms with Gasteiger partial charge in [0.25, 0.3) is 0 Å². The van der Waals surface area contributed by atoms with Crippen LogP contribution in [0.1, 0.15) is 22.8 Å². The number of thioether (sulfide) groups is 1. The molecule has 0 bridgehead atoms. The first-order chi connectivity index (χ1) is 12.0. The molecule has 2 aromatic rings. The summed E-state index contributed by atoms with van der Waals surface area (Å²) in [5.41, 5.74) is 2.37. The molecule has 6 heteroatoms. The molecule has 0 spiro atoms. The van der Waals surface area contributed by atoms with Crippen LogP contribution in [-0.2, 0) is 16.0 Å². The molecule has 0 aromatic heterocycles. The third-order valence-corrected chi connectivity index (χ3v) is 5.76. The predicted octanol–water partition coefficient (Wildman–Crippen LogP) is 4.20. The molecular formula is C19H18ClNO3S. The van der Waals surface area contributed by atoms with Crippen LogP contribution in [0, 0.1) is 0 Å². The van der Waals surface area contributed by atoms with Gasteiger partial charge in [-0.25, -0.2) is 4.79 Å². The Morgan fingerprint density at radius 1 is 1.24 bits per heavy atom. The Morgan fingerprint density at radius 3 is 2.72 bits per heavy atom. The summed E-state index contributed by atoms with van der Waals surface area (Å²) in [5, 5.41) is 0.392. The molecule has 2 aromatic carbocycles. The molecule has 0 saturated carbocycles. The maximum absolute atomic E-state index is 12.9. The van der Waals surface area contributed by atoms with Gasteiger partial charge in [-0.05, 0) is 49.2 Å². The van der Waals surface area contributed by atoms with Crippen molar-refractivity contribution in [3.05, 3.63) is 58.6 Å². The number of nitrogens with zero attached hydrogens (tertiary/aromatic N) is 1. The van der Waals surface area contributed by atoms with E-state index in [0.29, 0.717) is 17.1 Å². The largest absolute Gasteiger partial charge is 0.465 e. The number of anilines is 1. The second kappa shape index (κ2) is 7.50. The molecule has 1 amide bonds. The highest BCUT2D eigenvalue weighted by atomic mass is 35.5. The Kier molecular flexibility index (Phi) is 5.35. The normalized spacial score (nSPS) is 14.1. The summed E-state index contributed by atoms with van der Waals surface area (Å²) >= 11 is 7.64. The fraction of sp³-hybridized carbons (Fsp3) is 0.263. The van der Waals surface area contributed by atoms with Crippen molar-refractivity contribution in [3.8, 4) is 0 Å². The lowest BCUT2D eigenvalue weighted by Crippen LogP contribution is -2.35. The number of carbonyl (C=O) groups is 2. The monoisotopic (exact) mass is 375 g/mol. The van der Waals surface area contributed by atoms with Crippen molar-refractivity contribution in [1.29, 1.82) is 0 Å². The van der Waals surface area contributed by atoms with Gasteiger partial charge < -0.3 is 9.64 Å². The molecule has 1 aliphatic heterocycles. The summed E-state index contributed by atoms with van der Waals surface area (Å²) < 4.78 is 4.75. The van der Waals surface area contributed by atoms with Crippen LogP contribution in [0.25, 0.3) is 0 Å². The second-order valence-electron chi connectivity index (χ2n) is 5.77. The van der Waals surface area contributed by atoms with Crippen molar-refractivity contribution in [2.45, 2.75) is 23.5 Å². The molecule has 4 nitrogen and oxygen atoms in total. The van der Waals surface area contributed by atoms with E-state index in [0.717, 1.165) is 22.6 Å². The number of hydrogen-bond acceptors (Lipinski definition) is 4. The topological polar surface area (TPSA) is 46.6 Å². The van der Waals surface area contributed by atoms with Gasteiger partial charge in [-0.15, -0.1) is 11.8 Å². The number of esters is 1. The van der Waals surface area contributed by atoms with Crippen molar-refractivity contribution < 1.29 is 14.3 Å². The SMILES string of the molecule is COC(=O)c1ccc2c(c1)CCN2C(=O)C(C)Sc1ccccc1Cl. The molecule has 130 valence electrons. The molecule has 0 radical (unpaired) electrons. The highest BCUT2D eigenvalue weighted by Gasteiger charge is 2.29. The Morgan fingerprint density at radius 2 is 2.00 bits per heavy atom. The fourth-order valence-corrected chi connectivity index (χ4v) is 4.09. The third-order valence-electron chi connectivity index (χ3n) is 4.15. The van der Waals surface area contributed by atoms with Gasteiger partial charge in [-0.3, -0.25) is 4.79 Å². The number of rotatable bonds is 4. The van der Waals surface area contributed by atoms with Crippen LogP contribution in [0.15, 0.2) is 47.4 Å². The van der Waals surface area contributed by atoms with E-state index in [4.69, 9.17) is 16.3 Å². The van der Waals surface area contributed by atoms with Crippen molar-refractivity contribution >= 4 is 40.9 Å². The van der Waals surface area contributed by atoms with Gasteiger partial charge in [0, 0.05) is 17.1 Å². The van der Waals surface area contributed by atoms with Crippen LogP contribution >= 0.6 is 23.4 Å². The first kappa shape index (κ1) is 17.8. The molecule has 0 fully saturated rings. The van der Waals surface area contributed by atoms with Crippen LogP contribution in [0.2, 0.25) is 5.02 Å². The Hall–Kier alpha value is -1.98. The van der Waals surface area contributed by atoms with Crippen LogP contribution in [0.3, 0.4) is 0 Å². The maximum Gasteiger partial charge on any atom is 0.337 e. The van der Waals surface area contributed by atoms with E-state index in [1.807, 2.05) is 37.3 Å². The van der Waals surface area contributed by atoms with Gasteiger partial charge >= 0.3 is 5.97 Å². The fourth-order valence-electron chi connectivity index (χ4n) is 2.88. The van der Waals surface area contributed by atoms with Crippen molar-refractivity contribution in [1.82, 2.24) is 0 Å². The van der Waals surface area contributed by atoms with E-state index in [9.17, 15) is 9.59 Å². The van der Waals surface area contributed by atoms with Gasteiger partial charge in [0.05, 0.1) is 22.9 Å². The highest BCUT2D eigenvalue weighted by molar-refractivity contribution is 8.00. The molecular weight excluding hydrogens is 358 g/mol. The Bertz CT molecular complexity index is 824. The Labute approximate surface area is 156 Å². The number of halogens is 1. The van der Waals surface area contributed by atoms with Gasteiger partial charge in [0.2, 0.25) is 5.91 Å². The van der Waals surface area contributed by atoms with Crippen LogP contribution in [0.4, 0.5) is 5.69 Å². The summed E-state index contributed by atoms with van der Waals surface area (Å²) in [4.78, 5) is 27.2. The number of fused-ring (bicyclic) bond motifs is 1. The first-order valence-electron chi connectivity index (χ1n) is 7.95. The first-order valence-corrected chi connectivity index (χ1v) is 9.21. The van der Waals surface area contributed by atoms with E-state index >= 15 is 0 Å². The van der Waals surface area contributed by atoms with Gasteiger partial charge in [0.15, 0.2) is 0 Å². The lowest BCUT2D eigenvalue weighted by Gasteiger charge is -2.21. The van der Waals surface area contributed by atoms with Gasteiger partial charge in [0.1, 0.15) is 0 Å². The summed E-state index contributed by atoms with van der Waals surface area (Å²) in [6, 6.07) is 12.8. The zero-order chi connectivity index (χ0) is 18.0. The molecule has 0 saturated heterocycles. The van der Waals surface area contributed by atoms with E-state index < -0.39 is 0 Å². The molecule has 1 unspecified atom stereocenters. The summed E-state index contributed by atoms with van der Waals surface area (Å²) in [6.45, 7) is 2.50. The van der Waals surface area contributed by atoms with Crippen LogP contribution < -0.4 is 4.90 Å². The number of hydrogen-bond donors (Lipinski definition) is 0. The quantitative estimate of drug-likeness (QED) is 0.593. The minimum atomic E-state index is -0.366. The average Bonchev–Trinajstić information content (AvgIpc) is 3.05. The zero-order valence-electron chi connectivity index (χ0n) is 14.0.